The Morgan fingerprint density at radius 1 is 1.37 bits per heavy atom. The first-order valence-electron chi connectivity index (χ1n) is 6.23. The van der Waals surface area contributed by atoms with Gasteiger partial charge in [-0.2, -0.15) is 4.31 Å². The molecule has 6 heteroatoms. The molecule has 1 fully saturated rings. The number of hydrogen-bond donors (Lipinski definition) is 2. The van der Waals surface area contributed by atoms with Gasteiger partial charge >= 0.3 is 0 Å². The fourth-order valence-corrected chi connectivity index (χ4v) is 3.94. The van der Waals surface area contributed by atoms with E-state index < -0.39 is 15.6 Å². The van der Waals surface area contributed by atoms with Crippen molar-refractivity contribution in [2.75, 3.05) is 18.8 Å². The number of β-amino-alcohol motifs (C(OH)–C–C–N with tert-alkyl or cyclic N) is 1. The second-order valence-corrected chi connectivity index (χ2v) is 7.48. The zero-order chi connectivity index (χ0) is 14.4. The monoisotopic (exact) mass is 284 g/mol. The summed E-state index contributed by atoms with van der Waals surface area (Å²) in [7, 11) is -3.58. The summed E-state index contributed by atoms with van der Waals surface area (Å²) in [5.41, 5.74) is 7.12. The predicted octanol–water partition coefficient (Wildman–Crippen LogP) is 1.03. The molecule has 1 heterocycles. The van der Waals surface area contributed by atoms with E-state index in [4.69, 9.17) is 5.73 Å². The minimum Gasteiger partial charge on any atom is -0.398 e. The molecular weight excluding hydrogens is 264 g/mol. The summed E-state index contributed by atoms with van der Waals surface area (Å²) >= 11 is 0. The molecule has 0 spiro atoms. The first-order chi connectivity index (χ1) is 8.63. The Morgan fingerprint density at radius 3 is 2.47 bits per heavy atom. The van der Waals surface area contributed by atoms with Crippen LogP contribution in [0.15, 0.2) is 17.0 Å². The number of hydrogen-bond acceptors (Lipinski definition) is 4. The third-order valence-corrected chi connectivity index (χ3v) is 5.56. The molecule has 0 amide bonds. The van der Waals surface area contributed by atoms with Crippen LogP contribution in [-0.4, -0.2) is 36.5 Å². The molecule has 1 aromatic carbocycles. The highest BCUT2D eigenvalue weighted by atomic mass is 32.2. The molecule has 0 aromatic heterocycles. The Balaban J connectivity index is 2.41. The number of sulfonamides is 1. The molecule has 1 atom stereocenters. The average molecular weight is 284 g/mol. The van der Waals surface area contributed by atoms with E-state index in [1.54, 1.807) is 13.0 Å². The topological polar surface area (TPSA) is 83.6 Å². The Kier molecular flexibility index (Phi) is 3.36. The molecule has 1 unspecified atom stereocenters. The van der Waals surface area contributed by atoms with Crippen LogP contribution in [0.3, 0.4) is 0 Å². The molecule has 0 radical (unpaired) electrons. The van der Waals surface area contributed by atoms with E-state index in [9.17, 15) is 13.5 Å². The molecule has 0 aliphatic carbocycles. The highest BCUT2D eigenvalue weighted by Gasteiger charge is 2.38. The maximum absolute atomic E-state index is 12.5. The molecular formula is C13H20N2O3S. The highest BCUT2D eigenvalue weighted by molar-refractivity contribution is 7.89. The molecule has 19 heavy (non-hydrogen) atoms. The molecule has 1 aromatic rings. The molecule has 1 aliphatic rings. The number of nitrogen functional groups attached to an aromatic ring is 1. The molecule has 0 saturated carbocycles. The quantitative estimate of drug-likeness (QED) is 0.795. The second-order valence-electron chi connectivity index (χ2n) is 5.54. The summed E-state index contributed by atoms with van der Waals surface area (Å²) in [6, 6.07) is 3.12. The minimum absolute atomic E-state index is 0.127. The van der Waals surface area contributed by atoms with Gasteiger partial charge in [-0.15, -0.1) is 0 Å². The van der Waals surface area contributed by atoms with Crippen molar-refractivity contribution in [2.24, 2.45) is 0 Å². The Labute approximate surface area is 114 Å². The van der Waals surface area contributed by atoms with Crippen LogP contribution in [0.1, 0.15) is 24.5 Å². The number of nitrogens with zero attached hydrogens (tertiary/aromatic N) is 1. The van der Waals surface area contributed by atoms with Gasteiger partial charge in [0.2, 0.25) is 10.0 Å². The zero-order valence-electron chi connectivity index (χ0n) is 11.5. The minimum atomic E-state index is -3.58. The van der Waals surface area contributed by atoms with E-state index in [1.165, 1.54) is 10.4 Å². The summed E-state index contributed by atoms with van der Waals surface area (Å²) in [4.78, 5) is 0.200. The standard InChI is InChI=1S/C13H20N2O3S/c1-9-6-11(7-12(14)10(9)2)19(17,18)15-5-4-13(3,16)8-15/h6-7,16H,4-5,8,14H2,1-3H3. The SMILES string of the molecule is Cc1cc(S(=O)(=O)N2CCC(C)(O)C2)cc(N)c1C. The van der Waals surface area contributed by atoms with Gasteiger partial charge in [0.05, 0.1) is 10.5 Å². The summed E-state index contributed by atoms with van der Waals surface area (Å²) in [5.74, 6) is 0. The zero-order valence-corrected chi connectivity index (χ0v) is 12.3. The number of benzene rings is 1. The lowest BCUT2D eigenvalue weighted by Gasteiger charge is -2.19. The maximum atomic E-state index is 12.5. The van der Waals surface area contributed by atoms with Crippen LogP contribution in [-0.2, 0) is 10.0 Å². The maximum Gasteiger partial charge on any atom is 0.243 e. The van der Waals surface area contributed by atoms with Crippen molar-refractivity contribution in [1.82, 2.24) is 4.31 Å². The van der Waals surface area contributed by atoms with Gasteiger partial charge < -0.3 is 10.8 Å². The fraction of sp³-hybridized carbons (Fsp3) is 0.538. The van der Waals surface area contributed by atoms with Crippen molar-refractivity contribution < 1.29 is 13.5 Å². The van der Waals surface area contributed by atoms with Gasteiger partial charge in [0.1, 0.15) is 0 Å². The van der Waals surface area contributed by atoms with Crippen LogP contribution in [0.2, 0.25) is 0 Å². The fourth-order valence-electron chi connectivity index (χ4n) is 2.26. The summed E-state index contributed by atoms with van der Waals surface area (Å²) in [6.07, 6.45) is 0.451. The normalized spacial score (nSPS) is 24.8. The van der Waals surface area contributed by atoms with Crippen LogP contribution in [0.5, 0.6) is 0 Å². The third-order valence-electron chi connectivity index (χ3n) is 3.74. The first-order valence-corrected chi connectivity index (χ1v) is 7.67. The van der Waals surface area contributed by atoms with Crippen molar-refractivity contribution in [1.29, 1.82) is 0 Å². The Bertz CT molecular complexity index is 585. The van der Waals surface area contributed by atoms with Crippen molar-refractivity contribution in [3.8, 4) is 0 Å². The average Bonchev–Trinajstić information content (AvgIpc) is 2.66. The van der Waals surface area contributed by atoms with Crippen molar-refractivity contribution in [2.45, 2.75) is 37.7 Å². The van der Waals surface area contributed by atoms with Gasteiger partial charge in [-0.3, -0.25) is 0 Å². The summed E-state index contributed by atoms with van der Waals surface area (Å²) < 4.78 is 26.3. The number of anilines is 1. The Morgan fingerprint density at radius 2 is 2.00 bits per heavy atom. The van der Waals surface area contributed by atoms with Crippen molar-refractivity contribution >= 4 is 15.7 Å². The number of aryl methyl sites for hydroxylation is 1. The van der Waals surface area contributed by atoms with Gasteiger partial charge in [-0.1, -0.05) is 0 Å². The van der Waals surface area contributed by atoms with E-state index in [2.05, 4.69) is 0 Å². The van der Waals surface area contributed by atoms with E-state index >= 15 is 0 Å². The van der Waals surface area contributed by atoms with Crippen LogP contribution in [0.4, 0.5) is 5.69 Å². The number of aliphatic hydroxyl groups is 1. The van der Waals surface area contributed by atoms with E-state index in [-0.39, 0.29) is 11.4 Å². The van der Waals surface area contributed by atoms with E-state index in [0.717, 1.165) is 11.1 Å². The molecule has 1 aliphatic heterocycles. The van der Waals surface area contributed by atoms with E-state index in [0.29, 0.717) is 18.7 Å². The predicted molar refractivity (Wildman–Crippen MR) is 74.3 cm³/mol. The molecule has 0 bridgehead atoms. The van der Waals surface area contributed by atoms with Gasteiger partial charge in [-0.05, 0) is 50.5 Å². The van der Waals surface area contributed by atoms with Crippen LogP contribution < -0.4 is 5.73 Å². The highest BCUT2D eigenvalue weighted by Crippen LogP contribution is 2.29. The summed E-state index contributed by atoms with van der Waals surface area (Å²) in [6.45, 7) is 5.81. The van der Waals surface area contributed by atoms with Crippen LogP contribution >= 0.6 is 0 Å². The largest absolute Gasteiger partial charge is 0.398 e. The Hall–Kier alpha value is -1.11. The lowest BCUT2D eigenvalue weighted by Crippen LogP contribution is -2.34. The van der Waals surface area contributed by atoms with Gasteiger partial charge in [0, 0.05) is 18.8 Å². The van der Waals surface area contributed by atoms with Crippen LogP contribution in [0.25, 0.3) is 0 Å². The van der Waals surface area contributed by atoms with Crippen LogP contribution in [0, 0.1) is 13.8 Å². The molecule has 106 valence electrons. The smallest absolute Gasteiger partial charge is 0.243 e. The number of rotatable bonds is 2. The second kappa shape index (κ2) is 4.47. The molecule has 1 saturated heterocycles. The summed E-state index contributed by atoms with van der Waals surface area (Å²) in [5, 5.41) is 9.90. The van der Waals surface area contributed by atoms with Crippen molar-refractivity contribution in [3.05, 3.63) is 23.3 Å². The van der Waals surface area contributed by atoms with Gasteiger partial charge in [-0.25, -0.2) is 8.42 Å². The molecule has 5 nitrogen and oxygen atoms in total. The van der Waals surface area contributed by atoms with Gasteiger partial charge in [0.25, 0.3) is 0 Å². The first kappa shape index (κ1) is 14.3. The lowest BCUT2D eigenvalue weighted by molar-refractivity contribution is 0.0762. The molecule has 3 N–H and O–H groups in total. The molecule has 2 rings (SSSR count). The number of nitrogens with two attached hydrogens (primary N) is 1. The van der Waals surface area contributed by atoms with Gasteiger partial charge in [0.15, 0.2) is 0 Å². The van der Waals surface area contributed by atoms with Crippen molar-refractivity contribution in [3.63, 3.8) is 0 Å². The lowest BCUT2D eigenvalue weighted by atomic mass is 10.1. The van der Waals surface area contributed by atoms with E-state index in [1.807, 2.05) is 13.8 Å². The third kappa shape index (κ3) is 2.61.